The van der Waals surface area contributed by atoms with Gasteiger partial charge in [0, 0.05) is 23.6 Å². The van der Waals surface area contributed by atoms with Crippen LogP contribution < -0.4 is 14.8 Å². The number of fused-ring (bicyclic) bond motifs is 1. The fraction of sp³-hybridized carbons (Fsp3) is 0.217. The molecule has 176 valence electrons. The average Bonchev–Trinajstić information content (AvgIpc) is 2.81. The van der Waals surface area contributed by atoms with Crippen molar-refractivity contribution in [3.63, 3.8) is 0 Å². The van der Waals surface area contributed by atoms with Crippen molar-refractivity contribution in [3.8, 4) is 11.5 Å². The van der Waals surface area contributed by atoms with Crippen LogP contribution in [0.15, 0.2) is 48.8 Å². The van der Waals surface area contributed by atoms with E-state index in [-0.39, 0.29) is 22.7 Å². The molecular formula is C23H20ClFN4O5. The number of nitrogens with one attached hydrogen (secondary N) is 1. The van der Waals surface area contributed by atoms with Gasteiger partial charge in [-0.15, -0.1) is 0 Å². The summed E-state index contributed by atoms with van der Waals surface area (Å²) in [5, 5.41) is 3.51. The lowest BCUT2D eigenvalue weighted by Gasteiger charge is -2.38. The van der Waals surface area contributed by atoms with E-state index in [1.165, 1.54) is 31.5 Å². The van der Waals surface area contributed by atoms with Crippen LogP contribution in [-0.4, -0.2) is 60.2 Å². The topological polar surface area (TPSA) is 103 Å². The fourth-order valence-electron chi connectivity index (χ4n) is 3.33. The van der Waals surface area contributed by atoms with Gasteiger partial charge in [0.15, 0.2) is 17.3 Å². The molecule has 1 aliphatic rings. The van der Waals surface area contributed by atoms with Crippen molar-refractivity contribution >= 4 is 45.9 Å². The van der Waals surface area contributed by atoms with Gasteiger partial charge in [0.2, 0.25) is 5.91 Å². The second-order valence-corrected chi connectivity index (χ2v) is 7.72. The van der Waals surface area contributed by atoms with Crippen LogP contribution >= 0.6 is 11.6 Å². The smallest absolute Gasteiger partial charge is 0.330 e. The predicted molar refractivity (Wildman–Crippen MR) is 123 cm³/mol. The molecule has 1 saturated heterocycles. The number of hydrogen-bond acceptors (Lipinski definition) is 8. The SMILES string of the molecule is COC(=O)C=CC(=O)N1CC(Oc2cc3c(Nc4cccc(Cl)c4F)ncnc3cc2OC)C1. The van der Waals surface area contributed by atoms with Crippen LogP contribution in [0.4, 0.5) is 15.9 Å². The molecule has 0 saturated carbocycles. The van der Waals surface area contributed by atoms with E-state index in [2.05, 4.69) is 20.0 Å². The van der Waals surface area contributed by atoms with Gasteiger partial charge in [-0.3, -0.25) is 4.79 Å². The molecule has 1 fully saturated rings. The standard InChI is InChI=1S/C23H20ClFN4O5/c1-32-18-9-17-14(23(27-12-26-17)28-16-5-3-4-15(24)22(16)25)8-19(18)34-13-10-29(11-13)20(30)6-7-21(31)33-2/h3-9,12-13H,10-11H2,1-2H3,(H,26,27,28). The summed E-state index contributed by atoms with van der Waals surface area (Å²) in [6, 6.07) is 8.01. The number of anilines is 2. The number of benzene rings is 2. The van der Waals surface area contributed by atoms with Crippen molar-refractivity contribution in [3.05, 3.63) is 59.7 Å². The summed E-state index contributed by atoms with van der Waals surface area (Å²) in [7, 11) is 2.74. The lowest BCUT2D eigenvalue weighted by atomic mass is 10.1. The van der Waals surface area contributed by atoms with E-state index in [0.717, 1.165) is 12.2 Å². The summed E-state index contributed by atoms with van der Waals surface area (Å²) in [5.74, 6) is -0.299. The Hall–Kier alpha value is -3.92. The molecule has 0 bridgehead atoms. The van der Waals surface area contributed by atoms with Crippen LogP contribution in [0.2, 0.25) is 5.02 Å². The quantitative estimate of drug-likeness (QED) is 0.400. The van der Waals surface area contributed by atoms with Gasteiger partial charge < -0.3 is 24.4 Å². The van der Waals surface area contributed by atoms with E-state index in [1.807, 2.05) is 0 Å². The van der Waals surface area contributed by atoms with Crippen molar-refractivity contribution in [1.82, 2.24) is 14.9 Å². The van der Waals surface area contributed by atoms with Gasteiger partial charge in [0.1, 0.15) is 18.2 Å². The molecule has 1 N–H and O–H groups in total. The molecule has 1 amide bonds. The van der Waals surface area contributed by atoms with E-state index in [1.54, 1.807) is 24.3 Å². The molecule has 2 heterocycles. The number of esters is 1. The Balaban J connectivity index is 1.54. The number of rotatable bonds is 7. The third-order valence-electron chi connectivity index (χ3n) is 5.14. The fourth-order valence-corrected chi connectivity index (χ4v) is 3.50. The minimum atomic E-state index is -0.605. The van der Waals surface area contributed by atoms with E-state index in [0.29, 0.717) is 41.3 Å². The van der Waals surface area contributed by atoms with Crippen molar-refractivity contribution < 1.29 is 28.2 Å². The first-order valence-electron chi connectivity index (χ1n) is 10.1. The number of ether oxygens (including phenoxy) is 3. The molecule has 9 nitrogen and oxygen atoms in total. The number of amides is 1. The minimum Gasteiger partial charge on any atom is -0.493 e. The lowest BCUT2D eigenvalue weighted by molar-refractivity contribution is -0.137. The van der Waals surface area contributed by atoms with Crippen LogP contribution in [0.3, 0.4) is 0 Å². The second-order valence-electron chi connectivity index (χ2n) is 7.31. The zero-order chi connectivity index (χ0) is 24.2. The van der Waals surface area contributed by atoms with Gasteiger partial charge in [0.05, 0.1) is 43.5 Å². The van der Waals surface area contributed by atoms with Gasteiger partial charge in [-0.25, -0.2) is 19.2 Å². The molecular weight excluding hydrogens is 467 g/mol. The number of aromatic nitrogens is 2. The van der Waals surface area contributed by atoms with Gasteiger partial charge in [-0.05, 0) is 18.2 Å². The molecule has 0 atom stereocenters. The first-order chi connectivity index (χ1) is 16.4. The molecule has 0 radical (unpaired) electrons. The molecule has 4 rings (SSSR count). The molecule has 34 heavy (non-hydrogen) atoms. The number of nitrogens with zero attached hydrogens (tertiary/aromatic N) is 3. The van der Waals surface area contributed by atoms with E-state index >= 15 is 0 Å². The highest BCUT2D eigenvalue weighted by Crippen LogP contribution is 2.36. The predicted octanol–water partition coefficient (Wildman–Crippen LogP) is 3.49. The Morgan fingerprint density at radius 2 is 1.97 bits per heavy atom. The molecule has 0 spiro atoms. The summed E-state index contributed by atoms with van der Waals surface area (Å²) in [5.41, 5.74) is 0.724. The van der Waals surface area contributed by atoms with Gasteiger partial charge in [0.25, 0.3) is 0 Å². The van der Waals surface area contributed by atoms with Crippen molar-refractivity contribution in [2.45, 2.75) is 6.10 Å². The normalized spacial score (nSPS) is 13.6. The highest BCUT2D eigenvalue weighted by molar-refractivity contribution is 6.31. The number of carbonyl (C=O) groups excluding carboxylic acids is 2. The summed E-state index contributed by atoms with van der Waals surface area (Å²) in [6.07, 6.45) is 3.29. The first kappa shape index (κ1) is 23.2. The number of carbonyl (C=O) groups is 2. The maximum absolute atomic E-state index is 14.4. The van der Waals surface area contributed by atoms with Gasteiger partial charge in [-0.1, -0.05) is 17.7 Å². The third kappa shape index (κ3) is 4.86. The summed E-state index contributed by atoms with van der Waals surface area (Å²) >= 11 is 5.88. The van der Waals surface area contributed by atoms with Crippen LogP contribution in [0, 0.1) is 5.82 Å². The summed E-state index contributed by atoms with van der Waals surface area (Å²) in [4.78, 5) is 33.3. The maximum Gasteiger partial charge on any atom is 0.330 e. The van der Waals surface area contributed by atoms with Gasteiger partial charge >= 0.3 is 5.97 Å². The molecule has 2 aromatic carbocycles. The van der Waals surface area contributed by atoms with Crippen LogP contribution in [0.25, 0.3) is 10.9 Å². The number of likely N-dealkylation sites (tertiary alicyclic amines) is 1. The van der Waals surface area contributed by atoms with Crippen LogP contribution in [-0.2, 0) is 14.3 Å². The van der Waals surface area contributed by atoms with E-state index < -0.39 is 11.8 Å². The lowest BCUT2D eigenvalue weighted by Crippen LogP contribution is -2.55. The molecule has 0 aliphatic carbocycles. The molecule has 0 unspecified atom stereocenters. The van der Waals surface area contributed by atoms with Crippen molar-refractivity contribution in [2.75, 3.05) is 32.6 Å². The van der Waals surface area contributed by atoms with E-state index in [4.69, 9.17) is 21.1 Å². The molecule has 11 heteroatoms. The Morgan fingerprint density at radius 3 is 2.71 bits per heavy atom. The third-order valence-corrected chi connectivity index (χ3v) is 5.43. The summed E-state index contributed by atoms with van der Waals surface area (Å²) in [6.45, 7) is 0.658. The zero-order valence-corrected chi connectivity index (χ0v) is 19.0. The highest BCUT2D eigenvalue weighted by Gasteiger charge is 2.32. The molecule has 1 aliphatic heterocycles. The minimum absolute atomic E-state index is 0.0143. The van der Waals surface area contributed by atoms with Crippen molar-refractivity contribution in [2.24, 2.45) is 0 Å². The first-order valence-corrected chi connectivity index (χ1v) is 10.5. The zero-order valence-electron chi connectivity index (χ0n) is 18.2. The maximum atomic E-state index is 14.4. The Kier molecular flexibility index (Phi) is 6.78. The Bertz CT molecular complexity index is 1280. The number of halogens is 2. The molecule has 1 aromatic heterocycles. The average molecular weight is 487 g/mol. The number of hydrogen-bond donors (Lipinski definition) is 1. The van der Waals surface area contributed by atoms with Crippen LogP contribution in [0.1, 0.15) is 0 Å². The monoisotopic (exact) mass is 486 g/mol. The van der Waals surface area contributed by atoms with Gasteiger partial charge in [-0.2, -0.15) is 0 Å². The highest BCUT2D eigenvalue weighted by atomic mass is 35.5. The van der Waals surface area contributed by atoms with E-state index in [9.17, 15) is 14.0 Å². The Labute approximate surface area is 199 Å². The molecule has 3 aromatic rings. The number of methoxy groups -OCH3 is 2. The Morgan fingerprint density at radius 1 is 1.18 bits per heavy atom. The van der Waals surface area contributed by atoms with Crippen molar-refractivity contribution in [1.29, 1.82) is 0 Å². The second kappa shape index (κ2) is 9.92. The largest absolute Gasteiger partial charge is 0.493 e. The van der Waals surface area contributed by atoms with Crippen LogP contribution in [0.5, 0.6) is 11.5 Å². The summed E-state index contributed by atoms with van der Waals surface area (Å²) < 4.78 is 30.3.